The van der Waals surface area contributed by atoms with Gasteiger partial charge in [0.2, 0.25) is 5.82 Å². The zero-order chi connectivity index (χ0) is 19.7. The second-order valence-corrected chi connectivity index (χ2v) is 8.33. The second-order valence-electron chi connectivity index (χ2n) is 8.06. The minimum Gasteiger partial charge on any atom is -0.327 e. The molecule has 0 amide bonds. The highest BCUT2D eigenvalue weighted by Crippen LogP contribution is 2.24. The first-order valence-electron chi connectivity index (χ1n) is 9.14. The number of rotatable bonds is 5. The van der Waals surface area contributed by atoms with Crippen LogP contribution in [0.1, 0.15) is 32.0 Å². The SMILES string of the molecule is CC(C)(C)Cn1c(Cn2nnc(-c3ccc(CCl)cc3)n2)cc2cncnc21. The van der Waals surface area contributed by atoms with Gasteiger partial charge in [0.25, 0.3) is 0 Å². The molecule has 4 rings (SSSR count). The number of halogens is 1. The Kier molecular flexibility index (Phi) is 4.85. The van der Waals surface area contributed by atoms with Crippen molar-refractivity contribution in [1.82, 2.24) is 34.7 Å². The van der Waals surface area contributed by atoms with Crippen LogP contribution in [0.2, 0.25) is 0 Å². The number of benzene rings is 1. The van der Waals surface area contributed by atoms with E-state index in [-0.39, 0.29) is 5.41 Å². The molecule has 0 unspecified atom stereocenters. The third-order valence-electron chi connectivity index (χ3n) is 4.40. The molecule has 8 heteroatoms. The Labute approximate surface area is 168 Å². The van der Waals surface area contributed by atoms with Crippen LogP contribution in [-0.2, 0) is 19.0 Å². The number of alkyl halides is 1. The molecule has 3 heterocycles. The summed E-state index contributed by atoms with van der Waals surface area (Å²) in [6.45, 7) is 7.98. The van der Waals surface area contributed by atoms with Crippen LogP contribution < -0.4 is 0 Å². The summed E-state index contributed by atoms with van der Waals surface area (Å²) < 4.78 is 2.22. The maximum absolute atomic E-state index is 5.85. The van der Waals surface area contributed by atoms with Crippen LogP contribution in [0.25, 0.3) is 22.4 Å². The van der Waals surface area contributed by atoms with Crippen molar-refractivity contribution in [2.75, 3.05) is 0 Å². The monoisotopic (exact) mass is 395 g/mol. The maximum Gasteiger partial charge on any atom is 0.204 e. The van der Waals surface area contributed by atoms with Crippen molar-refractivity contribution in [3.8, 4) is 11.4 Å². The van der Waals surface area contributed by atoms with Gasteiger partial charge in [-0.3, -0.25) is 0 Å². The van der Waals surface area contributed by atoms with Crippen LogP contribution in [-0.4, -0.2) is 34.7 Å². The fraction of sp³-hybridized carbons (Fsp3) is 0.350. The lowest BCUT2D eigenvalue weighted by atomic mass is 9.97. The largest absolute Gasteiger partial charge is 0.327 e. The topological polar surface area (TPSA) is 74.3 Å². The van der Waals surface area contributed by atoms with Crippen molar-refractivity contribution in [3.05, 3.63) is 54.1 Å². The third kappa shape index (κ3) is 3.89. The molecule has 1 aromatic carbocycles. The van der Waals surface area contributed by atoms with Gasteiger partial charge >= 0.3 is 0 Å². The standard InChI is InChI=1S/C20H22ClN7/c1-20(2,3)12-27-17(8-16-10-22-13-23-19(16)27)11-28-25-18(24-26-28)15-6-4-14(9-21)5-7-15/h4-8,10,13H,9,11-12H2,1-3H3. The van der Waals surface area contributed by atoms with Gasteiger partial charge in [0, 0.05) is 35.3 Å². The smallest absolute Gasteiger partial charge is 0.204 e. The summed E-state index contributed by atoms with van der Waals surface area (Å²) in [5, 5.41) is 14.0. The fourth-order valence-corrected chi connectivity index (χ4v) is 3.33. The highest BCUT2D eigenvalue weighted by molar-refractivity contribution is 6.17. The minimum absolute atomic E-state index is 0.108. The van der Waals surface area contributed by atoms with E-state index in [0.29, 0.717) is 18.2 Å². The molecule has 0 saturated heterocycles. The Balaban J connectivity index is 1.65. The van der Waals surface area contributed by atoms with Crippen LogP contribution in [0.3, 0.4) is 0 Å². The van der Waals surface area contributed by atoms with Crippen LogP contribution in [0, 0.1) is 5.41 Å². The predicted octanol–water partition coefficient (Wildman–Crippen LogP) is 3.92. The van der Waals surface area contributed by atoms with Gasteiger partial charge in [-0.05, 0) is 22.3 Å². The number of hydrogen-bond donors (Lipinski definition) is 0. The summed E-state index contributed by atoms with van der Waals surface area (Å²) in [6, 6.07) is 9.97. The van der Waals surface area contributed by atoms with E-state index in [1.807, 2.05) is 30.5 Å². The predicted molar refractivity (Wildman–Crippen MR) is 109 cm³/mol. The average Bonchev–Trinajstić information content (AvgIpc) is 3.26. The zero-order valence-electron chi connectivity index (χ0n) is 16.2. The quantitative estimate of drug-likeness (QED) is 0.479. The van der Waals surface area contributed by atoms with Gasteiger partial charge in [-0.1, -0.05) is 45.0 Å². The minimum atomic E-state index is 0.108. The van der Waals surface area contributed by atoms with Gasteiger partial charge in [0.15, 0.2) is 0 Å². The van der Waals surface area contributed by atoms with Gasteiger partial charge in [-0.25, -0.2) is 9.97 Å². The summed E-state index contributed by atoms with van der Waals surface area (Å²) in [5.41, 5.74) is 4.09. The van der Waals surface area contributed by atoms with E-state index < -0.39 is 0 Å². The summed E-state index contributed by atoms with van der Waals surface area (Å²) >= 11 is 5.85. The molecule has 0 N–H and O–H groups in total. The highest BCUT2D eigenvalue weighted by Gasteiger charge is 2.18. The Morgan fingerprint density at radius 3 is 2.61 bits per heavy atom. The first-order valence-corrected chi connectivity index (χ1v) is 9.67. The Hall–Kier alpha value is -2.80. The van der Waals surface area contributed by atoms with Crippen LogP contribution in [0.4, 0.5) is 0 Å². The molecule has 0 aliphatic rings. The third-order valence-corrected chi connectivity index (χ3v) is 4.71. The summed E-state index contributed by atoms with van der Waals surface area (Å²) in [5.74, 6) is 1.08. The Bertz CT molecular complexity index is 1090. The highest BCUT2D eigenvalue weighted by atomic mass is 35.5. The van der Waals surface area contributed by atoms with E-state index in [0.717, 1.165) is 34.4 Å². The van der Waals surface area contributed by atoms with Crippen LogP contribution in [0.15, 0.2) is 42.9 Å². The molecule has 7 nitrogen and oxygen atoms in total. The van der Waals surface area contributed by atoms with Gasteiger partial charge in [-0.15, -0.1) is 21.8 Å². The van der Waals surface area contributed by atoms with E-state index in [1.54, 1.807) is 11.1 Å². The van der Waals surface area contributed by atoms with E-state index in [2.05, 4.69) is 56.8 Å². The van der Waals surface area contributed by atoms with Crippen LogP contribution in [0.5, 0.6) is 0 Å². The normalized spacial score (nSPS) is 12.0. The lowest BCUT2D eigenvalue weighted by Crippen LogP contribution is -2.19. The Morgan fingerprint density at radius 2 is 1.89 bits per heavy atom. The first-order chi connectivity index (χ1) is 13.4. The molecule has 0 aliphatic heterocycles. The van der Waals surface area contributed by atoms with Gasteiger partial charge < -0.3 is 4.57 Å². The van der Waals surface area contributed by atoms with Crippen molar-refractivity contribution in [3.63, 3.8) is 0 Å². The molecule has 144 valence electrons. The molecule has 28 heavy (non-hydrogen) atoms. The molecule has 0 aliphatic carbocycles. The number of nitrogens with zero attached hydrogens (tertiary/aromatic N) is 7. The molecule has 0 atom stereocenters. The lowest BCUT2D eigenvalue weighted by Gasteiger charge is -2.21. The summed E-state index contributed by atoms with van der Waals surface area (Å²) in [6.07, 6.45) is 3.42. The molecule has 3 aromatic heterocycles. The maximum atomic E-state index is 5.85. The van der Waals surface area contributed by atoms with E-state index in [1.165, 1.54) is 0 Å². The van der Waals surface area contributed by atoms with E-state index >= 15 is 0 Å². The van der Waals surface area contributed by atoms with Crippen molar-refractivity contribution in [1.29, 1.82) is 0 Å². The number of aromatic nitrogens is 7. The van der Waals surface area contributed by atoms with E-state index in [4.69, 9.17) is 11.6 Å². The molecule has 0 fully saturated rings. The fourth-order valence-electron chi connectivity index (χ4n) is 3.15. The average molecular weight is 396 g/mol. The molecule has 0 radical (unpaired) electrons. The zero-order valence-corrected chi connectivity index (χ0v) is 16.9. The van der Waals surface area contributed by atoms with Crippen molar-refractivity contribution < 1.29 is 0 Å². The van der Waals surface area contributed by atoms with E-state index in [9.17, 15) is 0 Å². The van der Waals surface area contributed by atoms with Crippen molar-refractivity contribution in [2.24, 2.45) is 5.41 Å². The van der Waals surface area contributed by atoms with Crippen molar-refractivity contribution in [2.45, 2.75) is 39.7 Å². The number of tetrazole rings is 1. The second kappa shape index (κ2) is 7.31. The number of hydrogen-bond acceptors (Lipinski definition) is 5. The van der Waals surface area contributed by atoms with Crippen LogP contribution >= 0.6 is 11.6 Å². The summed E-state index contributed by atoms with van der Waals surface area (Å²) in [4.78, 5) is 10.2. The van der Waals surface area contributed by atoms with Gasteiger partial charge in [0.1, 0.15) is 18.5 Å². The Morgan fingerprint density at radius 1 is 1.11 bits per heavy atom. The first kappa shape index (κ1) is 18.6. The molecular formula is C20H22ClN7. The molecular weight excluding hydrogens is 374 g/mol. The molecule has 4 aromatic rings. The van der Waals surface area contributed by atoms with Gasteiger partial charge in [0.05, 0.1) is 0 Å². The summed E-state index contributed by atoms with van der Waals surface area (Å²) in [7, 11) is 0. The van der Waals surface area contributed by atoms with Gasteiger partial charge in [-0.2, -0.15) is 4.80 Å². The van der Waals surface area contributed by atoms with Crippen molar-refractivity contribution >= 4 is 22.6 Å². The lowest BCUT2D eigenvalue weighted by molar-refractivity contribution is 0.340. The molecule has 0 spiro atoms. The molecule has 0 bridgehead atoms. The number of fused-ring (bicyclic) bond motifs is 1. The molecule has 0 saturated carbocycles.